The van der Waals surface area contributed by atoms with Gasteiger partial charge in [-0.15, -0.1) is 0 Å². The van der Waals surface area contributed by atoms with E-state index in [2.05, 4.69) is 39.6 Å². The first-order valence-corrected chi connectivity index (χ1v) is 7.08. The SMILES string of the molecule is CC(N(C)CCC(=O)c1cccc(Cl)c1)C(C)(C)C. The predicted octanol–water partition coefficient (Wildman–Crippen LogP) is 4.28. The summed E-state index contributed by atoms with van der Waals surface area (Å²) in [4.78, 5) is 14.3. The molecule has 106 valence electrons. The van der Waals surface area contributed by atoms with Crippen LogP contribution in [0.25, 0.3) is 0 Å². The fraction of sp³-hybridized carbons (Fsp3) is 0.562. The van der Waals surface area contributed by atoms with Gasteiger partial charge in [0.15, 0.2) is 5.78 Å². The average Bonchev–Trinajstić information content (AvgIpc) is 2.33. The number of carbonyl (C=O) groups is 1. The number of Topliss-reactive ketones (excluding diaryl/α,β-unsaturated/α-hetero) is 1. The van der Waals surface area contributed by atoms with Crippen LogP contribution in [0.4, 0.5) is 0 Å². The summed E-state index contributed by atoms with van der Waals surface area (Å²) in [6, 6.07) is 7.58. The van der Waals surface area contributed by atoms with Gasteiger partial charge in [0.25, 0.3) is 0 Å². The molecule has 0 aliphatic carbocycles. The molecule has 0 radical (unpaired) electrons. The molecule has 0 heterocycles. The van der Waals surface area contributed by atoms with E-state index in [4.69, 9.17) is 11.6 Å². The van der Waals surface area contributed by atoms with Gasteiger partial charge in [0.2, 0.25) is 0 Å². The highest BCUT2D eigenvalue weighted by Crippen LogP contribution is 2.23. The monoisotopic (exact) mass is 281 g/mol. The number of halogens is 1. The second kappa shape index (κ2) is 6.53. The Morgan fingerprint density at radius 1 is 1.37 bits per heavy atom. The van der Waals surface area contributed by atoms with Gasteiger partial charge >= 0.3 is 0 Å². The van der Waals surface area contributed by atoms with E-state index in [-0.39, 0.29) is 11.2 Å². The Labute approximate surface area is 121 Å². The van der Waals surface area contributed by atoms with E-state index in [1.54, 1.807) is 12.1 Å². The molecule has 0 aliphatic heterocycles. The highest BCUT2D eigenvalue weighted by molar-refractivity contribution is 6.31. The van der Waals surface area contributed by atoms with Crippen molar-refractivity contribution >= 4 is 17.4 Å². The number of carbonyl (C=O) groups excluding carboxylic acids is 1. The lowest BCUT2D eigenvalue weighted by atomic mass is 9.87. The molecular weight excluding hydrogens is 258 g/mol. The minimum Gasteiger partial charge on any atom is -0.303 e. The van der Waals surface area contributed by atoms with Crippen molar-refractivity contribution in [1.29, 1.82) is 0 Å². The molecule has 0 N–H and O–H groups in total. The van der Waals surface area contributed by atoms with Crippen molar-refractivity contribution in [3.8, 4) is 0 Å². The Kier molecular flexibility index (Phi) is 5.57. The van der Waals surface area contributed by atoms with Gasteiger partial charge in [-0.25, -0.2) is 0 Å². The first kappa shape index (κ1) is 16.2. The van der Waals surface area contributed by atoms with Crippen LogP contribution in [0.15, 0.2) is 24.3 Å². The van der Waals surface area contributed by atoms with Crippen LogP contribution < -0.4 is 0 Å². The molecule has 0 aliphatic rings. The van der Waals surface area contributed by atoms with Crippen molar-refractivity contribution in [3.05, 3.63) is 34.9 Å². The van der Waals surface area contributed by atoms with Gasteiger partial charge in [0.05, 0.1) is 0 Å². The third kappa shape index (κ3) is 4.96. The molecule has 0 bridgehead atoms. The standard InChI is InChI=1S/C16H24ClNO/c1-12(16(2,3)4)18(5)10-9-15(19)13-7-6-8-14(17)11-13/h6-8,11-12H,9-10H2,1-5H3. The highest BCUT2D eigenvalue weighted by Gasteiger charge is 2.23. The molecule has 2 nitrogen and oxygen atoms in total. The van der Waals surface area contributed by atoms with Crippen molar-refractivity contribution in [2.24, 2.45) is 5.41 Å². The maximum atomic E-state index is 12.1. The minimum absolute atomic E-state index is 0.149. The second-order valence-electron chi connectivity index (χ2n) is 6.21. The van der Waals surface area contributed by atoms with E-state index in [1.807, 2.05) is 12.1 Å². The molecule has 1 unspecified atom stereocenters. The summed E-state index contributed by atoms with van der Waals surface area (Å²) in [6.45, 7) is 9.61. The van der Waals surface area contributed by atoms with Crippen LogP contribution >= 0.6 is 11.6 Å². The molecule has 19 heavy (non-hydrogen) atoms. The van der Waals surface area contributed by atoms with Crippen LogP contribution in [0.3, 0.4) is 0 Å². The van der Waals surface area contributed by atoms with E-state index in [0.29, 0.717) is 23.0 Å². The van der Waals surface area contributed by atoms with Crippen molar-refractivity contribution in [1.82, 2.24) is 4.90 Å². The molecule has 1 atom stereocenters. The summed E-state index contributed by atoms with van der Waals surface area (Å²) in [5.74, 6) is 0.149. The lowest BCUT2D eigenvalue weighted by Crippen LogP contribution is -2.40. The van der Waals surface area contributed by atoms with Gasteiger partial charge in [-0.05, 0) is 31.5 Å². The Bertz CT molecular complexity index is 437. The molecule has 0 fully saturated rings. The normalized spacial score (nSPS) is 13.6. The summed E-state index contributed by atoms with van der Waals surface area (Å²) in [5.41, 5.74) is 0.915. The van der Waals surface area contributed by atoms with Gasteiger partial charge in [-0.1, -0.05) is 44.5 Å². The maximum Gasteiger partial charge on any atom is 0.164 e. The van der Waals surface area contributed by atoms with Crippen molar-refractivity contribution in [3.63, 3.8) is 0 Å². The Morgan fingerprint density at radius 2 is 2.00 bits per heavy atom. The molecule has 0 spiro atoms. The van der Waals surface area contributed by atoms with E-state index < -0.39 is 0 Å². The van der Waals surface area contributed by atoms with E-state index in [1.165, 1.54) is 0 Å². The fourth-order valence-electron chi connectivity index (χ4n) is 1.94. The third-order valence-corrected chi connectivity index (χ3v) is 3.99. The van der Waals surface area contributed by atoms with Gasteiger partial charge in [-0.3, -0.25) is 4.79 Å². The van der Waals surface area contributed by atoms with Crippen LogP contribution in [0.5, 0.6) is 0 Å². The Balaban J connectivity index is 2.55. The zero-order chi connectivity index (χ0) is 14.6. The minimum atomic E-state index is 0.149. The number of nitrogens with zero attached hydrogens (tertiary/aromatic N) is 1. The molecule has 1 aromatic carbocycles. The molecule has 1 aromatic rings. The highest BCUT2D eigenvalue weighted by atomic mass is 35.5. The summed E-state index contributed by atoms with van der Waals surface area (Å²) >= 11 is 5.90. The first-order valence-electron chi connectivity index (χ1n) is 6.71. The molecular formula is C16H24ClNO. The van der Waals surface area contributed by atoms with Crippen LogP contribution in [-0.4, -0.2) is 30.3 Å². The van der Waals surface area contributed by atoms with Crippen LogP contribution in [0, 0.1) is 5.41 Å². The second-order valence-corrected chi connectivity index (χ2v) is 6.64. The predicted molar refractivity (Wildman–Crippen MR) is 81.9 cm³/mol. The fourth-order valence-corrected chi connectivity index (χ4v) is 2.13. The van der Waals surface area contributed by atoms with Crippen LogP contribution in [-0.2, 0) is 0 Å². The Hall–Kier alpha value is -0.860. The summed E-state index contributed by atoms with van der Waals surface area (Å²) in [5, 5.41) is 0.613. The maximum absolute atomic E-state index is 12.1. The van der Waals surface area contributed by atoms with Crippen molar-refractivity contribution < 1.29 is 4.79 Å². The van der Waals surface area contributed by atoms with Crippen LogP contribution in [0.2, 0.25) is 5.02 Å². The smallest absolute Gasteiger partial charge is 0.164 e. The topological polar surface area (TPSA) is 20.3 Å². The third-order valence-electron chi connectivity index (χ3n) is 3.75. The summed E-state index contributed by atoms with van der Waals surface area (Å²) in [7, 11) is 2.07. The zero-order valence-corrected chi connectivity index (χ0v) is 13.3. The van der Waals surface area contributed by atoms with Crippen molar-refractivity contribution in [2.45, 2.75) is 40.2 Å². The molecule has 0 saturated carbocycles. The van der Waals surface area contributed by atoms with Crippen LogP contribution in [0.1, 0.15) is 44.5 Å². The Morgan fingerprint density at radius 3 is 2.53 bits per heavy atom. The lowest BCUT2D eigenvalue weighted by molar-refractivity contribution is 0.0928. The van der Waals surface area contributed by atoms with Crippen molar-refractivity contribution in [2.75, 3.05) is 13.6 Å². The van der Waals surface area contributed by atoms with Gasteiger partial charge in [0.1, 0.15) is 0 Å². The number of benzene rings is 1. The largest absolute Gasteiger partial charge is 0.303 e. The molecule has 1 rings (SSSR count). The summed E-state index contributed by atoms with van der Waals surface area (Å²) < 4.78 is 0. The quantitative estimate of drug-likeness (QED) is 0.751. The lowest BCUT2D eigenvalue weighted by Gasteiger charge is -2.35. The number of hydrogen-bond donors (Lipinski definition) is 0. The summed E-state index contributed by atoms with van der Waals surface area (Å²) in [6.07, 6.45) is 0.525. The molecule has 0 saturated heterocycles. The number of rotatable bonds is 5. The van der Waals surface area contributed by atoms with Gasteiger partial charge < -0.3 is 4.90 Å². The van der Waals surface area contributed by atoms with E-state index >= 15 is 0 Å². The van der Waals surface area contributed by atoms with E-state index in [0.717, 1.165) is 6.54 Å². The zero-order valence-electron chi connectivity index (χ0n) is 12.5. The molecule has 0 amide bonds. The number of ketones is 1. The van der Waals surface area contributed by atoms with Gasteiger partial charge in [0, 0.05) is 29.6 Å². The molecule has 3 heteroatoms. The van der Waals surface area contributed by atoms with Gasteiger partial charge in [-0.2, -0.15) is 0 Å². The average molecular weight is 282 g/mol. The number of hydrogen-bond acceptors (Lipinski definition) is 2. The van der Waals surface area contributed by atoms with E-state index in [9.17, 15) is 4.79 Å². The molecule has 0 aromatic heterocycles. The first-order chi connectivity index (χ1) is 8.71.